The van der Waals surface area contributed by atoms with Crippen molar-refractivity contribution in [2.45, 2.75) is 25.7 Å². The third-order valence-electron chi connectivity index (χ3n) is 8.64. The number of nitrogens with zero attached hydrogens (tertiary/aromatic N) is 2. The Hall–Kier alpha value is -4.17. The van der Waals surface area contributed by atoms with E-state index in [1.54, 1.807) is 11.1 Å². The fraction of sp³-hybridized carbons (Fsp3) is 0.121. The number of benzene rings is 4. The van der Waals surface area contributed by atoms with Crippen LogP contribution in [0, 0.1) is 0 Å². The van der Waals surface area contributed by atoms with Crippen LogP contribution in [0.25, 0.3) is 22.3 Å². The molecule has 9 rings (SSSR count). The molecule has 35 heavy (non-hydrogen) atoms. The summed E-state index contributed by atoms with van der Waals surface area (Å²) in [6.07, 6.45) is 5.94. The number of hydrogen-bond acceptors (Lipinski definition) is 2. The fourth-order valence-corrected chi connectivity index (χ4v) is 7.17. The summed E-state index contributed by atoms with van der Waals surface area (Å²) < 4.78 is 0. The maximum Gasteiger partial charge on any atom is 0.0688 e. The van der Waals surface area contributed by atoms with Crippen LogP contribution in [0.1, 0.15) is 44.6 Å². The van der Waals surface area contributed by atoms with Gasteiger partial charge in [-0.3, -0.25) is 4.98 Å². The van der Waals surface area contributed by atoms with E-state index in [9.17, 15) is 0 Å². The molecule has 2 nitrogen and oxygen atoms in total. The van der Waals surface area contributed by atoms with E-state index in [0.29, 0.717) is 0 Å². The summed E-state index contributed by atoms with van der Waals surface area (Å²) in [5.41, 5.74) is 21.3. The van der Waals surface area contributed by atoms with Crippen molar-refractivity contribution in [3.63, 3.8) is 0 Å². The number of aromatic nitrogens is 1. The van der Waals surface area contributed by atoms with Gasteiger partial charge in [-0.05, 0) is 98.3 Å². The van der Waals surface area contributed by atoms with Gasteiger partial charge in [0.1, 0.15) is 0 Å². The van der Waals surface area contributed by atoms with Crippen molar-refractivity contribution in [2.24, 2.45) is 0 Å². The van der Waals surface area contributed by atoms with E-state index >= 15 is 0 Å². The molecule has 0 fully saturated rings. The molecular formula is C33H22N2. The van der Waals surface area contributed by atoms with Crippen LogP contribution in [0.5, 0.6) is 0 Å². The second-order valence-electron chi connectivity index (χ2n) is 10.3. The predicted octanol–water partition coefficient (Wildman–Crippen LogP) is 7.50. The molecule has 2 heteroatoms. The molecule has 4 aliphatic rings. The minimum Gasteiger partial charge on any atom is -0.308 e. The van der Waals surface area contributed by atoms with Gasteiger partial charge in [0.25, 0.3) is 0 Å². The first-order valence-corrected chi connectivity index (χ1v) is 12.6. The minimum absolute atomic E-state index is 0.899. The topological polar surface area (TPSA) is 16.1 Å². The molecule has 0 radical (unpaired) electrons. The SMILES string of the molecule is c1ccc2c(c1)Cc1c-2ccc2c1Cc1c-2cc2c3c1Cc1ccccc1N3c1cccnc1C2. The van der Waals surface area contributed by atoms with Crippen molar-refractivity contribution in [2.75, 3.05) is 4.90 Å². The van der Waals surface area contributed by atoms with Crippen LogP contribution < -0.4 is 4.90 Å². The van der Waals surface area contributed by atoms with Crippen LogP contribution in [0.15, 0.2) is 85.1 Å². The second-order valence-corrected chi connectivity index (χ2v) is 10.3. The van der Waals surface area contributed by atoms with Crippen molar-refractivity contribution >= 4 is 17.1 Å². The van der Waals surface area contributed by atoms with Gasteiger partial charge < -0.3 is 4.90 Å². The van der Waals surface area contributed by atoms with Gasteiger partial charge in [0.2, 0.25) is 0 Å². The van der Waals surface area contributed by atoms with Gasteiger partial charge in [-0.2, -0.15) is 0 Å². The van der Waals surface area contributed by atoms with Crippen LogP contribution in [0.3, 0.4) is 0 Å². The van der Waals surface area contributed by atoms with Gasteiger partial charge in [0.15, 0.2) is 0 Å². The molecule has 164 valence electrons. The fourth-order valence-electron chi connectivity index (χ4n) is 7.17. The van der Waals surface area contributed by atoms with E-state index in [4.69, 9.17) is 4.98 Å². The Morgan fingerprint density at radius 2 is 1.23 bits per heavy atom. The zero-order valence-corrected chi connectivity index (χ0v) is 19.3. The molecule has 0 unspecified atom stereocenters. The Balaban J connectivity index is 1.30. The molecule has 0 atom stereocenters. The number of anilines is 3. The first kappa shape index (κ1) is 18.2. The van der Waals surface area contributed by atoms with Gasteiger partial charge in [0.05, 0.1) is 17.1 Å². The van der Waals surface area contributed by atoms with Gasteiger partial charge in [-0.15, -0.1) is 0 Å². The molecule has 0 N–H and O–H groups in total. The van der Waals surface area contributed by atoms with Gasteiger partial charge in [-0.25, -0.2) is 0 Å². The zero-order chi connectivity index (χ0) is 22.7. The van der Waals surface area contributed by atoms with Crippen molar-refractivity contribution in [1.82, 2.24) is 4.98 Å². The Morgan fingerprint density at radius 1 is 0.514 bits per heavy atom. The summed E-state index contributed by atoms with van der Waals surface area (Å²) in [5.74, 6) is 0. The van der Waals surface area contributed by atoms with E-state index in [-0.39, 0.29) is 0 Å². The second kappa shape index (κ2) is 6.28. The lowest BCUT2D eigenvalue weighted by Crippen LogP contribution is -2.26. The lowest BCUT2D eigenvalue weighted by Gasteiger charge is -2.39. The summed E-state index contributed by atoms with van der Waals surface area (Å²) >= 11 is 0. The highest BCUT2D eigenvalue weighted by Gasteiger charge is 2.37. The number of fused-ring (bicyclic) bond motifs is 12. The molecular weight excluding hydrogens is 424 g/mol. The molecule has 3 heterocycles. The largest absolute Gasteiger partial charge is 0.308 e. The zero-order valence-electron chi connectivity index (χ0n) is 19.3. The first-order chi connectivity index (χ1) is 17.3. The highest BCUT2D eigenvalue weighted by Crippen LogP contribution is 2.55. The monoisotopic (exact) mass is 446 g/mol. The maximum atomic E-state index is 4.81. The highest BCUT2D eigenvalue weighted by atomic mass is 15.2. The number of pyridine rings is 1. The van der Waals surface area contributed by atoms with E-state index < -0.39 is 0 Å². The lowest BCUT2D eigenvalue weighted by atomic mass is 9.83. The number of rotatable bonds is 0. The quantitative estimate of drug-likeness (QED) is 0.240. The molecule has 0 spiro atoms. The highest BCUT2D eigenvalue weighted by molar-refractivity contribution is 5.95. The molecule has 0 amide bonds. The molecule has 4 aromatic carbocycles. The molecule has 0 saturated carbocycles. The Kier molecular flexibility index (Phi) is 3.27. The molecule has 2 aliphatic carbocycles. The lowest BCUT2D eigenvalue weighted by molar-refractivity contribution is 0.960. The van der Waals surface area contributed by atoms with Crippen molar-refractivity contribution < 1.29 is 0 Å². The summed E-state index contributed by atoms with van der Waals surface area (Å²) in [4.78, 5) is 7.31. The average Bonchev–Trinajstić information content (AvgIpc) is 3.47. The Morgan fingerprint density at radius 3 is 2.17 bits per heavy atom. The summed E-state index contributed by atoms with van der Waals surface area (Å²) in [6, 6.07) is 29.4. The van der Waals surface area contributed by atoms with Crippen molar-refractivity contribution in [3.8, 4) is 22.3 Å². The van der Waals surface area contributed by atoms with Gasteiger partial charge >= 0.3 is 0 Å². The Bertz CT molecular complexity index is 1750. The molecule has 1 aromatic heterocycles. The minimum atomic E-state index is 0.899. The van der Waals surface area contributed by atoms with Crippen LogP contribution in [-0.4, -0.2) is 4.98 Å². The van der Waals surface area contributed by atoms with Crippen LogP contribution >= 0.6 is 0 Å². The van der Waals surface area contributed by atoms with E-state index in [2.05, 4.69) is 83.8 Å². The van der Waals surface area contributed by atoms with Crippen molar-refractivity contribution in [1.29, 1.82) is 0 Å². The predicted molar refractivity (Wildman–Crippen MR) is 141 cm³/mol. The maximum absolute atomic E-state index is 4.81. The normalized spacial score (nSPS) is 14.9. The number of hydrogen-bond donors (Lipinski definition) is 0. The third kappa shape index (κ3) is 2.23. The Labute approximate surface area is 204 Å². The standard InChI is InChI=1S/C33H22N2/c1-3-8-22-19(6-1)14-25-23(22)11-12-24-26-16-21-17-30-32(10-5-13-34-30)35-31-9-4-2-7-20(31)15-29(33(21)35)28(26)18-27(24)25/h1-13,16H,14-15,17-18H2. The molecule has 2 aliphatic heterocycles. The summed E-state index contributed by atoms with van der Waals surface area (Å²) in [7, 11) is 0. The third-order valence-corrected chi connectivity index (χ3v) is 8.64. The van der Waals surface area contributed by atoms with Gasteiger partial charge in [-0.1, -0.05) is 54.6 Å². The smallest absolute Gasteiger partial charge is 0.0688 e. The van der Waals surface area contributed by atoms with Gasteiger partial charge in [0, 0.05) is 24.7 Å². The molecule has 5 aromatic rings. The average molecular weight is 447 g/mol. The first-order valence-electron chi connectivity index (χ1n) is 12.6. The van der Waals surface area contributed by atoms with Crippen molar-refractivity contribution in [3.05, 3.63) is 130 Å². The van der Waals surface area contributed by atoms with Crippen LogP contribution in [0.2, 0.25) is 0 Å². The summed E-state index contributed by atoms with van der Waals surface area (Å²) in [5, 5.41) is 0. The van der Waals surface area contributed by atoms with E-state index in [0.717, 1.165) is 25.7 Å². The summed E-state index contributed by atoms with van der Waals surface area (Å²) in [6.45, 7) is 0. The number of para-hydroxylation sites is 1. The van der Waals surface area contributed by atoms with Crippen LogP contribution in [-0.2, 0) is 25.7 Å². The van der Waals surface area contributed by atoms with E-state index in [1.807, 2.05) is 6.20 Å². The van der Waals surface area contributed by atoms with Crippen LogP contribution in [0.4, 0.5) is 17.1 Å². The molecule has 0 bridgehead atoms. The molecule has 0 saturated heterocycles. The van der Waals surface area contributed by atoms with E-state index in [1.165, 1.54) is 72.8 Å².